The Balaban J connectivity index is 0.000000110. The number of aliphatic hydroxyl groups excluding tert-OH is 2. The average molecular weight is 1700 g/mol. The highest BCUT2D eigenvalue weighted by Gasteiger charge is 2.38. The molecular formula is C99H107N17O10. The smallest absolute Gasteiger partial charge is 0.345 e. The lowest BCUT2D eigenvalue weighted by molar-refractivity contribution is 0.0986. The van der Waals surface area contributed by atoms with Crippen LogP contribution >= 0.6 is 0 Å². The molecule has 27 nitrogen and oxygen atoms in total. The van der Waals surface area contributed by atoms with Crippen LogP contribution in [0.2, 0.25) is 0 Å². The number of hydrogen-bond donors (Lipinski definition) is 2. The standard InChI is InChI=1S/C25H27N5O3.C25H26N4O2.C25H28N4O2.C24H26N4O3/c1-15-11-30-12-20(27-24(30)16(2)26-15)19-9-17-5-6-18(10-23(17)33-25(19)32)29-13-21(22(31)14-29)28-7-3-4-8-28;1-16-14-29-15-19(12-23(29)17(2)26-16)22-11-18-3-4-21(13-24(18)31-25(22)30)28-9-7-27(8-10-28)20-5-6-20;1-17(2)27-7-4-8-28(10-9-27)21-6-5-19-12-23(25(30)31-24(19)13-21)20-11-22-14-26-18(3)15-29(22)16-20;1-15-13-28-14-21(26-23(28)16(2)25-15)20-11-19-4-3-18(12-22(19)31-24(20)30)17-5-7-27(8-6-17)9-10-29/h5-6,9-12,21-22,31H,3-4,7-8,13-14H2,1-2H3;3-4,11-15,20H,5-10H2,1-2H3;5-6,11-17H,4,7-10H2,1-3H3;3-4,11-14,17,29H,5-10H2,1-2H3/t21-,22-;;;/m1.../s1. The molecule has 0 amide bonds. The van der Waals surface area contributed by atoms with Crippen molar-refractivity contribution in [3.8, 4) is 44.8 Å². The third-order valence-electron chi connectivity index (χ3n) is 26.1. The lowest BCUT2D eigenvalue weighted by atomic mass is 9.89. The van der Waals surface area contributed by atoms with Crippen LogP contribution in [0.25, 0.3) is 111 Å². The summed E-state index contributed by atoms with van der Waals surface area (Å²) in [5, 5.41) is 23.4. The monoisotopic (exact) mass is 1690 g/mol. The van der Waals surface area contributed by atoms with Crippen molar-refractivity contribution in [2.24, 2.45) is 0 Å². The first kappa shape index (κ1) is 83.1. The molecule has 5 saturated heterocycles. The van der Waals surface area contributed by atoms with Crippen molar-refractivity contribution in [2.45, 2.75) is 137 Å². The van der Waals surface area contributed by atoms with Gasteiger partial charge in [-0.25, -0.2) is 29.1 Å². The molecule has 1 saturated carbocycles. The van der Waals surface area contributed by atoms with E-state index in [1.54, 1.807) is 0 Å². The summed E-state index contributed by atoms with van der Waals surface area (Å²) < 4.78 is 30.8. The summed E-state index contributed by atoms with van der Waals surface area (Å²) in [4.78, 5) is 95.2. The number of anilines is 3. The molecular weight excluding hydrogens is 1590 g/mol. The quantitative estimate of drug-likeness (QED) is 0.101. The third kappa shape index (κ3) is 17.3. The summed E-state index contributed by atoms with van der Waals surface area (Å²) in [6.07, 6.45) is 25.1. The first-order valence-corrected chi connectivity index (χ1v) is 44.4. The number of piperazine rings is 1. The van der Waals surface area contributed by atoms with Gasteiger partial charge in [0.2, 0.25) is 0 Å². The van der Waals surface area contributed by atoms with E-state index < -0.39 is 5.63 Å². The fourth-order valence-corrected chi connectivity index (χ4v) is 19.3. The van der Waals surface area contributed by atoms with E-state index in [2.05, 4.69) is 108 Å². The summed E-state index contributed by atoms with van der Waals surface area (Å²) >= 11 is 0. The minimum absolute atomic E-state index is 0.161. The fourth-order valence-electron chi connectivity index (χ4n) is 19.3. The molecule has 0 spiro atoms. The summed E-state index contributed by atoms with van der Waals surface area (Å²) in [7, 11) is 0. The molecule has 0 unspecified atom stereocenters. The van der Waals surface area contributed by atoms with E-state index in [-0.39, 0.29) is 35.6 Å². The Morgan fingerprint density at radius 2 is 0.905 bits per heavy atom. The van der Waals surface area contributed by atoms with Crippen molar-refractivity contribution in [3.63, 3.8) is 0 Å². The van der Waals surface area contributed by atoms with Gasteiger partial charge in [0.1, 0.15) is 22.3 Å². The van der Waals surface area contributed by atoms with Gasteiger partial charge in [0, 0.05) is 202 Å². The van der Waals surface area contributed by atoms with Crippen LogP contribution < -0.4 is 37.2 Å². The van der Waals surface area contributed by atoms with Crippen LogP contribution in [0.4, 0.5) is 17.1 Å². The number of aliphatic hydroxyl groups is 2. The Kier molecular flexibility index (Phi) is 22.9. The Morgan fingerprint density at radius 1 is 0.421 bits per heavy atom. The van der Waals surface area contributed by atoms with Crippen molar-refractivity contribution in [1.82, 2.24) is 67.1 Å². The van der Waals surface area contributed by atoms with Gasteiger partial charge in [-0.05, 0) is 224 Å². The molecule has 5 aliphatic heterocycles. The lowest BCUT2D eigenvalue weighted by Gasteiger charge is -2.36. The van der Waals surface area contributed by atoms with E-state index in [9.17, 15) is 24.3 Å². The molecule has 6 aliphatic rings. The van der Waals surface area contributed by atoms with Crippen LogP contribution in [0.5, 0.6) is 0 Å². The second-order valence-electron chi connectivity index (χ2n) is 35.3. The summed E-state index contributed by atoms with van der Waals surface area (Å²) in [6, 6.07) is 37.6. The summed E-state index contributed by atoms with van der Waals surface area (Å²) in [5.74, 6) is 0.446. The van der Waals surface area contributed by atoms with Crippen LogP contribution in [0.3, 0.4) is 0 Å². The van der Waals surface area contributed by atoms with Gasteiger partial charge < -0.3 is 65.1 Å². The van der Waals surface area contributed by atoms with Crippen molar-refractivity contribution in [1.29, 1.82) is 0 Å². The molecule has 648 valence electrons. The molecule has 17 heterocycles. The van der Waals surface area contributed by atoms with Gasteiger partial charge >= 0.3 is 22.5 Å². The molecule has 126 heavy (non-hydrogen) atoms. The van der Waals surface area contributed by atoms with Crippen LogP contribution in [0.1, 0.15) is 110 Å². The predicted octanol–water partition coefficient (Wildman–Crippen LogP) is 14.4. The van der Waals surface area contributed by atoms with E-state index in [1.165, 1.54) is 31.2 Å². The highest BCUT2D eigenvalue weighted by Crippen LogP contribution is 2.37. The van der Waals surface area contributed by atoms with Gasteiger partial charge in [0.15, 0.2) is 11.3 Å². The number of aryl methyl sites for hydroxylation is 7. The number of imidazole rings is 2. The highest BCUT2D eigenvalue weighted by atomic mass is 16.4. The highest BCUT2D eigenvalue weighted by molar-refractivity contribution is 5.88. The second kappa shape index (κ2) is 34.8. The van der Waals surface area contributed by atoms with Crippen molar-refractivity contribution in [3.05, 3.63) is 252 Å². The van der Waals surface area contributed by atoms with Gasteiger partial charge in [-0.2, -0.15) is 0 Å². The van der Waals surface area contributed by atoms with E-state index in [1.807, 2.05) is 201 Å². The zero-order chi connectivity index (χ0) is 86.9. The molecule has 0 radical (unpaired) electrons. The average Bonchev–Trinajstić information content (AvgIpc) is 1.59. The Hall–Kier alpha value is -12.5. The number of aromatic nitrogens is 10. The van der Waals surface area contributed by atoms with Crippen LogP contribution in [-0.2, 0) is 0 Å². The zero-order valence-electron chi connectivity index (χ0n) is 73.0. The van der Waals surface area contributed by atoms with Gasteiger partial charge in [-0.15, -0.1) is 0 Å². The molecule has 1 aliphatic carbocycles. The number of hydrogen-bond acceptors (Lipinski definition) is 23. The Morgan fingerprint density at radius 3 is 1.46 bits per heavy atom. The lowest BCUT2D eigenvalue weighted by Crippen LogP contribution is -2.47. The first-order valence-electron chi connectivity index (χ1n) is 44.4. The fraction of sp³-hybridized carbons (Fsp3) is 0.374. The molecule has 0 bridgehead atoms. The second-order valence-corrected chi connectivity index (χ2v) is 35.3. The molecule has 16 aromatic rings. The maximum Gasteiger partial charge on any atom is 0.345 e. The Bertz CT molecular complexity index is 7070. The maximum atomic E-state index is 12.9. The van der Waals surface area contributed by atoms with Gasteiger partial charge in [-0.1, -0.05) is 12.1 Å². The number of fused-ring (bicyclic) bond motifs is 8. The molecule has 2 N–H and O–H groups in total. The van der Waals surface area contributed by atoms with Gasteiger partial charge in [0.25, 0.3) is 0 Å². The van der Waals surface area contributed by atoms with Crippen LogP contribution in [-0.4, -0.2) is 206 Å². The number of β-amino-alcohol motifs (C(OH)–C–C–N with tert-alkyl or cyclic N) is 2. The molecule has 12 aromatic heterocycles. The number of rotatable bonds is 13. The summed E-state index contributed by atoms with van der Waals surface area (Å²) in [5.41, 5.74) is 20.0. The van der Waals surface area contributed by atoms with E-state index in [4.69, 9.17) is 22.8 Å². The zero-order valence-corrected chi connectivity index (χ0v) is 73.0. The SMILES string of the molecule is Cc1cn2cc(-c3cc4ccc(C5CCN(CCO)CC5)cc4oc3=O)nc2c(C)n1.Cc1cn2cc(-c3cc4ccc(N5CCCN(C(C)C)CC5)cc4oc3=O)cc2cn1.Cc1cn2cc(-c3cc4ccc(N5CCN(C6CC6)CC5)cc4oc3=O)cc2c(C)n1.Cc1cn2cc(-c3cc4ccc(N5C[C@@H](O)[C@H](N6CCCC6)C5)cc4oc3=O)nc2c(C)n1. The molecule has 22 rings (SSSR count). The van der Waals surface area contributed by atoms with Crippen molar-refractivity contribution >= 4 is 83.3 Å². The minimum atomic E-state index is -0.415. The maximum absolute atomic E-state index is 12.9. The van der Waals surface area contributed by atoms with E-state index >= 15 is 0 Å². The van der Waals surface area contributed by atoms with E-state index in [0.29, 0.717) is 74.5 Å². The van der Waals surface area contributed by atoms with Gasteiger partial charge in [-0.3, -0.25) is 34.6 Å². The number of likely N-dealkylation sites (tertiary alicyclic amines) is 2. The first-order chi connectivity index (χ1) is 61.0. The predicted molar refractivity (Wildman–Crippen MR) is 494 cm³/mol. The number of benzene rings is 4. The topological polar surface area (TPSA) is 279 Å². The van der Waals surface area contributed by atoms with Crippen LogP contribution in [0.15, 0.2) is 202 Å². The summed E-state index contributed by atoms with van der Waals surface area (Å²) in [6.45, 7) is 32.9. The number of nitrogens with zero attached hydrogens (tertiary/aromatic N) is 17. The number of piperidine rings is 1. The molecule has 27 heteroatoms. The molecule has 4 aromatic carbocycles. The van der Waals surface area contributed by atoms with Crippen molar-refractivity contribution in [2.75, 3.05) is 119 Å². The normalized spacial score (nSPS) is 17.8. The van der Waals surface area contributed by atoms with E-state index in [0.717, 1.165) is 229 Å². The van der Waals surface area contributed by atoms with Crippen molar-refractivity contribution < 1.29 is 27.9 Å². The molecule has 2 atom stereocenters. The minimum Gasteiger partial charge on any atom is -0.422 e. The molecule has 6 fully saturated rings. The largest absolute Gasteiger partial charge is 0.422 e. The van der Waals surface area contributed by atoms with Gasteiger partial charge in [0.05, 0.1) is 109 Å². The Labute approximate surface area is 728 Å². The van der Waals surface area contributed by atoms with Crippen LogP contribution in [0, 0.1) is 48.5 Å². The third-order valence-corrected chi connectivity index (χ3v) is 26.1.